The van der Waals surface area contributed by atoms with Crippen LogP contribution in [0.15, 0.2) is 36.8 Å². The average Bonchev–Trinajstić information content (AvgIpc) is 2.82. The van der Waals surface area contributed by atoms with Crippen LogP contribution in [-0.4, -0.2) is 15.0 Å². The van der Waals surface area contributed by atoms with Crippen LogP contribution in [0.2, 0.25) is 5.02 Å². The Hall–Kier alpha value is -2.27. The van der Waals surface area contributed by atoms with Crippen molar-refractivity contribution in [3.63, 3.8) is 0 Å². The number of H-pyrrole nitrogens is 1. The molecule has 0 saturated carbocycles. The Labute approximate surface area is 108 Å². The number of nitrogens with two attached hydrogens (primary N) is 1. The number of nitrogen functional groups attached to an aromatic ring is 1. The minimum atomic E-state index is 0.319. The highest BCUT2D eigenvalue weighted by Gasteiger charge is 2.09. The van der Waals surface area contributed by atoms with Gasteiger partial charge < -0.3 is 15.5 Å². The van der Waals surface area contributed by atoms with Gasteiger partial charge in [-0.15, -0.1) is 0 Å². The lowest BCUT2D eigenvalue weighted by atomic mass is 10.3. The third-order valence-corrected chi connectivity index (χ3v) is 2.73. The van der Waals surface area contributed by atoms with Crippen LogP contribution in [0, 0.1) is 0 Å². The standard InChI is InChI=1S/C12H9ClN4O/c13-9-5-7(14)6-17-12(9)18-10-2-4-16-11-8(10)1-3-15-11/h1-6H,14H2,(H,15,16). The number of hydrogen-bond acceptors (Lipinski definition) is 4. The molecule has 18 heavy (non-hydrogen) atoms. The number of fused-ring (bicyclic) bond motifs is 1. The van der Waals surface area contributed by atoms with Crippen molar-refractivity contribution in [2.45, 2.75) is 0 Å². The van der Waals surface area contributed by atoms with Gasteiger partial charge in [0, 0.05) is 12.4 Å². The van der Waals surface area contributed by atoms with Crippen molar-refractivity contribution in [1.82, 2.24) is 15.0 Å². The molecule has 0 unspecified atom stereocenters. The van der Waals surface area contributed by atoms with Gasteiger partial charge in [-0.25, -0.2) is 9.97 Å². The second-order valence-corrected chi connectivity index (χ2v) is 4.11. The highest BCUT2D eigenvalue weighted by Crippen LogP contribution is 2.31. The third kappa shape index (κ3) is 1.84. The molecule has 0 fully saturated rings. The molecule has 3 aromatic heterocycles. The average molecular weight is 261 g/mol. The molecule has 5 nitrogen and oxygen atoms in total. The summed E-state index contributed by atoms with van der Waals surface area (Å²) in [7, 11) is 0. The Bertz CT molecular complexity index is 710. The molecule has 3 rings (SSSR count). The van der Waals surface area contributed by atoms with Crippen molar-refractivity contribution in [3.8, 4) is 11.6 Å². The van der Waals surface area contributed by atoms with Crippen LogP contribution < -0.4 is 10.5 Å². The number of ether oxygens (including phenoxy) is 1. The highest BCUT2D eigenvalue weighted by molar-refractivity contribution is 6.32. The van der Waals surface area contributed by atoms with Crippen LogP contribution in [0.4, 0.5) is 5.69 Å². The van der Waals surface area contributed by atoms with E-state index in [0.29, 0.717) is 22.3 Å². The van der Waals surface area contributed by atoms with Gasteiger partial charge in [0.25, 0.3) is 0 Å². The summed E-state index contributed by atoms with van der Waals surface area (Å²) >= 11 is 6.01. The summed E-state index contributed by atoms with van der Waals surface area (Å²) in [5.41, 5.74) is 6.82. The van der Waals surface area contributed by atoms with E-state index in [1.165, 1.54) is 6.20 Å². The smallest absolute Gasteiger partial charge is 0.238 e. The van der Waals surface area contributed by atoms with E-state index >= 15 is 0 Å². The normalized spacial score (nSPS) is 10.7. The van der Waals surface area contributed by atoms with E-state index in [2.05, 4.69) is 15.0 Å². The number of anilines is 1. The molecule has 0 amide bonds. The molecular formula is C12H9ClN4O. The zero-order chi connectivity index (χ0) is 12.5. The van der Waals surface area contributed by atoms with Crippen LogP contribution in [0.1, 0.15) is 0 Å². The molecule has 6 heteroatoms. The highest BCUT2D eigenvalue weighted by atomic mass is 35.5. The number of halogens is 1. The van der Waals surface area contributed by atoms with Crippen molar-refractivity contribution >= 4 is 28.3 Å². The van der Waals surface area contributed by atoms with E-state index in [9.17, 15) is 0 Å². The molecular weight excluding hydrogens is 252 g/mol. The fourth-order valence-corrected chi connectivity index (χ4v) is 1.86. The van der Waals surface area contributed by atoms with Crippen LogP contribution in [0.25, 0.3) is 11.0 Å². The zero-order valence-electron chi connectivity index (χ0n) is 9.22. The summed E-state index contributed by atoms with van der Waals surface area (Å²) in [5.74, 6) is 0.958. The van der Waals surface area contributed by atoms with Gasteiger partial charge >= 0.3 is 0 Å². The SMILES string of the molecule is Nc1cnc(Oc2ccnc3[nH]ccc23)c(Cl)c1. The molecule has 0 saturated heterocycles. The molecule has 0 aliphatic rings. The molecule has 0 aromatic carbocycles. The van der Waals surface area contributed by atoms with Gasteiger partial charge in [-0.05, 0) is 18.2 Å². The van der Waals surface area contributed by atoms with Crippen molar-refractivity contribution in [1.29, 1.82) is 0 Å². The van der Waals surface area contributed by atoms with Crippen LogP contribution in [0.3, 0.4) is 0 Å². The molecule has 0 spiro atoms. The monoisotopic (exact) mass is 260 g/mol. The van der Waals surface area contributed by atoms with Crippen molar-refractivity contribution in [2.24, 2.45) is 0 Å². The van der Waals surface area contributed by atoms with Crippen LogP contribution >= 0.6 is 11.6 Å². The zero-order valence-corrected chi connectivity index (χ0v) is 9.98. The van der Waals surface area contributed by atoms with E-state index in [-0.39, 0.29) is 0 Å². The Morgan fingerprint density at radius 2 is 2.17 bits per heavy atom. The summed E-state index contributed by atoms with van der Waals surface area (Å²) in [6.07, 6.45) is 4.94. The Kier molecular flexibility index (Phi) is 2.53. The molecule has 0 aliphatic heterocycles. The quantitative estimate of drug-likeness (QED) is 0.743. The topological polar surface area (TPSA) is 76.8 Å². The van der Waals surface area contributed by atoms with Gasteiger partial charge in [0.2, 0.25) is 5.88 Å². The number of hydrogen-bond donors (Lipinski definition) is 2. The van der Waals surface area contributed by atoms with Gasteiger partial charge in [-0.2, -0.15) is 0 Å². The van der Waals surface area contributed by atoms with Gasteiger partial charge in [-0.1, -0.05) is 11.6 Å². The van der Waals surface area contributed by atoms with Gasteiger partial charge in [0.15, 0.2) is 0 Å². The first-order valence-electron chi connectivity index (χ1n) is 5.25. The lowest BCUT2D eigenvalue weighted by Crippen LogP contribution is -1.92. The Morgan fingerprint density at radius 3 is 3.00 bits per heavy atom. The maximum absolute atomic E-state index is 6.01. The maximum Gasteiger partial charge on any atom is 0.238 e. The second kappa shape index (κ2) is 4.19. The Balaban J connectivity index is 2.03. The number of aromatic amines is 1. The second-order valence-electron chi connectivity index (χ2n) is 3.71. The van der Waals surface area contributed by atoms with Crippen LogP contribution in [0.5, 0.6) is 11.6 Å². The Morgan fingerprint density at radius 1 is 1.28 bits per heavy atom. The summed E-state index contributed by atoms with van der Waals surface area (Å²) in [5, 5.41) is 1.24. The predicted molar refractivity (Wildman–Crippen MR) is 69.8 cm³/mol. The molecule has 0 atom stereocenters. The predicted octanol–water partition coefficient (Wildman–Crippen LogP) is 2.99. The molecule has 0 bridgehead atoms. The van der Waals surface area contributed by atoms with E-state index in [4.69, 9.17) is 22.1 Å². The molecule has 0 aliphatic carbocycles. The van der Waals surface area contributed by atoms with Gasteiger partial charge in [-0.3, -0.25) is 0 Å². The van der Waals surface area contributed by atoms with Crippen molar-refractivity contribution in [2.75, 3.05) is 5.73 Å². The maximum atomic E-state index is 6.01. The van der Waals surface area contributed by atoms with Gasteiger partial charge in [0.05, 0.1) is 17.3 Å². The van der Waals surface area contributed by atoms with Crippen molar-refractivity contribution < 1.29 is 4.74 Å². The van der Waals surface area contributed by atoms with Gasteiger partial charge in [0.1, 0.15) is 16.4 Å². The van der Waals surface area contributed by atoms with E-state index < -0.39 is 0 Å². The minimum Gasteiger partial charge on any atom is -0.437 e. The first kappa shape index (κ1) is 10.9. The number of nitrogens with zero attached hydrogens (tertiary/aromatic N) is 2. The van der Waals surface area contributed by atoms with Crippen molar-refractivity contribution in [3.05, 3.63) is 41.8 Å². The molecule has 3 aromatic rings. The number of rotatable bonds is 2. The number of nitrogens with one attached hydrogen (secondary N) is 1. The fourth-order valence-electron chi connectivity index (χ4n) is 1.64. The number of aromatic nitrogens is 3. The lowest BCUT2D eigenvalue weighted by molar-refractivity contribution is 0.468. The van der Waals surface area contributed by atoms with E-state index in [1.54, 1.807) is 24.5 Å². The summed E-state index contributed by atoms with van der Waals surface area (Å²) in [6.45, 7) is 0. The minimum absolute atomic E-state index is 0.319. The molecule has 3 N–H and O–H groups in total. The largest absolute Gasteiger partial charge is 0.437 e. The summed E-state index contributed by atoms with van der Waals surface area (Å²) in [4.78, 5) is 11.2. The number of pyridine rings is 2. The van der Waals surface area contributed by atoms with Crippen LogP contribution in [-0.2, 0) is 0 Å². The molecule has 3 heterocycles. The first-order valence-corrected chi connectivity index (χ1v) is 5.63. The lowest BCUT2D eigenvalue weighted by Gasteiger charge is -2.07. The third-order valence-electron chi connectivity index (χ3n) is 2.46. The fraction of sp³-hybridized carbons (Fsp3) is 0. The molecule has 0 radical (unpaired) electrons. The van der Waals surface area contributed by atoms with E-state index in [1.807, 2.05) is 6.07 Å². The summed E-state index contributed by atoms with van der Waals surface area (Å²) in [6, 6.07) is 5.23. The first-order chi connectivity index (χ1) is 8.74. The molecule has 90 valence electrons. The summed E-state index contributed by atoms with van der Waals surface area (Å²) < 4.78 is 5.68. The van der Waals surface area contributed by atoms with E-state index in [0.717, 1.165) is 11.0 Å².